The molecule has 1 amide bonds. The Balaban J connectivity index is 2.17. The highest BCUT2D eigenvalue weighted by atomic mass is 32.2. The van der Waals surface area contributed by atoms with Crippen molar-refractivity contribution in [3.05, 3.63) is 58.5 Å². The molecule has 2 N–H and O–H groups in total. The van der Waals surface area contributed by atoms with Crippen molar-refractivity contribution in [1.82, 2.24) is 10.3 Å². The molecule has 0 radical (unpaired) electrons. The fraction of sp³-hybridized carbons (Fsp3) is 0.304. The Hall–Kier alpha value is -3.45. The van der Waals surface area contributed by atoms with Crippen molar-refractivity contribution in [3.8, 4) is 12.3 Å². The van der Waals surface area contributed by atoms with E-state index in [1.807, 2.05) is 18.7 Å². The second-order valence-corrected chi connectivity index (χ2v) is 8.84. The van der Waals surface area contributed by atoms with Gasteiger partial charge in [-0.1, -0.05) is 5.92 Å². The number of anilines is 2. The maximum atomic E-state index is 14.4. The monoisotopic (exact) mass is 476 g/mol. The Bertz CT molecular complexity index is 1190. The first kappa shape index (κ1) is 25.8. The van der Waals surface area contributed by atoms with Crippen LogP contribution in [0.15, 0.2) is 30.3 Å². The largest absolute Gasteiger partial charge is 0.357 e. The molecule has 0 spiro atoms. The molecule has 0 aliphatic rings. The number of sulfonamides is 1. The van der Waals surface area contributed by atoms with Gasteiger partial charge in [-0.2, -0.15) is 0 Å². The van der Waals surface area contributed by atoms with Gasteiger partial charge in [-0.05, 0) is 49.8 Å². The third kappa shape index (κ3) is 7.29. The standard InChI is InChI=1S/C23H26F2N4O3S/c1-5-17-12-16(13-20(25)22(17)28-33(4,31)32)15-26-21(30)11-9-18-8-10-19(14-24)27-23(18)29(6-2)7-3/h1,8-13,28H,6-7,14-15H2,2-4H3,(H,26,30)/b11-9+. The summed E-state index contributed by atoms with van der Waals surface area (Å²) in [6.45, 7) is 4.52. The van der Waals surface area contributed by atoms with E-state index in [1.54, 1.807) is 18.2 Å². The van der Waals surface area contributed by atoms with Crippen molar-refractivity contribution in [3.63, 3.8) is 0 Å². The Morgan fingerprint density at radius 3 is 2.55 bits per heavy atom. The first-order chi connectivity index (χ1) is 15.6. The Labute approximate surface area is 193 Å². The van der Waals surface area contributed by atoms with Gasteiger partial charge in [0.1, 0.15) is 18.3 Å². The van der Waals surface area contributed by atoms with Gasteiger partial charge in [-0.3, -0.25) is 9.52 Å². The molecule has 0 aliphatic carbocycles. The summed E-state index contributed by atoms with van der Waals surface area (Å²) in [6, 6.07) is 5.76. The van der Waals surface area contributed by atoms with Crippen LogP contribution in [0.3, 0.4) is 0 Å². The molecule has 176 valence electrons. The Morgan fingerprint density at radius 1 is 1.27 bits per heavy atom. The molecule has 1 aromatic carbocycles. The molecule has 0 fully saturated rings. The van der Waals surface area contributed by atoms with Crippen LogP contribution in [-0.4, -0.2) is 38.7 Å². The predicted molar refractivity (Wildman–Crippen MR) is 126 cm³/mol. The number of hydrogen-bond donors (Lipinski definition) is 2. The molecular formula is C23H26F2N4O3S. The maximum absolute atomic E-state index is 14.4. The molecule has 2 rings (SSSR count). The average Bonchev–Trinajstić information content (AvgIpc) is 2.78. The number of carbonyl (C=O) groups is 1. The number of carbonyl (C=O) groups excluding carboxylic acids is 1. The third-order valence-corrected chi connectivity index (χ3v) is 5.21. The molecule has 0 saturated heterocycles. The smallest absolute Gasteiger partial charge is 0.244 e. The lowest BCUT2D eigenvalue weighted by Crippen LogP contribution is -2.24. The van der Waals surface area contributed by atoms with E-state index in [0.717, 1.165) is 12.3 Å². The summed E-state index contributed by atoms with van der Waals surface area (Å²) in [5.41, 5.74) is 1.02. The van der Waals surface area contributed by atoms with E-state index in [2.05, 4.69) is 20.9 Å². The van der Waals surface area contributed by atoms with E-state index in [4.69, 9.17) is 6.42 Å². The zero-order valence-corrected chi connectivity index (χ0v) is 19.5. The van der Waals surface area contributed by atoms with E-state index in [9.17, 15) is 22.0 Å². The third-order valence-electron chi connectivity index (χ3n) is 4.64. The van der Waals surface area contributed by atoms with Crippen LogP contribution in [0.25, 0.3) is 6.08 Å². The summed E-state index contributed by atoms with van der Waals surface area (Å²) in [5, 5.41) is 2.62. The minimum absolute atomic E-state index is 0.0168. The first-order valence-electron chi connectivity index (χ1n) is 10.1. The fourth-order valence-electron chi connectivity index (χ4n) is 3.06. The van der Waals surface area contributed by atoms with Crippen LogP contribution >= 0.6 is 0 Å². The predicted octanol–water partition coefficient (Wildman–Crippen LogP) is 3.22. The SMILES string of the molecule is C#Cc1cc(CNC(=O)/C=C/c2ccc(CF)nc2N(CC)CC)cc(F)c1NS(C)(=O)=O. The highest BCUT2D eigenvalue weighted by Crippen LogP contribution is 2.23. The summed E-state index contributed by atoms with van der Waals surface area (Å²) in [5.74, 6) is 1.52. The molecule has 0 bridgehead atoms. The van der Waals surface area contributed by atoms with E-state index >= 15 is 0 Å². The zero-order chi connectivity index (χ0) is 24.6. The highest BCUT2D eigenvalue weighted by Gasteiger charge is 2.14. The van der Waals surface area contributed by atoms with Crippen molar-refractivity contribution < 1.29 is 22.0 Å². The molecule has 0 aliphatic heterocycles. The second kappa shape index (κ2) is 11.4. The van der Waals surface area contributed by atoms with Crippen molar-refractivity contribution in [1.29, 1.82) is 0 Å². The number of benzene rings is 1. The number of nitrogens with one attached hydrogen (secondary N) is 2. The molecule has 0 atom stereocenters. The van der Waals surface area contributed by atoms with Gasteiger partial charge in [0.2, 0.25) is 15.9 Å². The number of nitrogens with zero attached hydrogens (tertiary/aromatic N) is 2. The quantitative estimate of drug-likeness (QED) is 0.406. The molecule has 1 heterocycles. The average molecular weight is 477 g/mol. The van der Waals surface area contributed by atoms with Gasteiger partial charge in [0, 0.05) is 31.3 Å². The maximum Gasteiger partial charge on any atom is 0.244 e. The molecular weight excluding hydrogens is 450 g/mol. The number of terminal acetylenes is 1. The first-order valence-corrected chi connectivity index (χ1v) is 12.0. The molecule has 10 heteroatoms. The summed E-state index contributed by atoms with van der Waals surface area (Å²) >= 11 is 0. The number of halogens is 2. The summed E-state index contributed by atoms with van der Waals surface area (Å²) in [4.78, 5) is 18.6. The topological polar surface area (TPSA) is 91.4 Å². The number of hydrogen-bond acceptors (Lipinski definition) is 5. The van der Waals surface area contributed by atoms with Crippen LogP contribution in [0.4, 0.5) is 20.3 Å². The van der Waals surface area contributed by atoms with Gasteiger partial charge < -0.3 is 10.2 Å². The summed E-state index contributed by atoms with van der Waals surface area (Å²) < 4.78 is 52.3. The van der Waals surface area contributed by atoms with Crippen molar-refractivity contribution >= 4 is 33.5 Å². The Morgan fingerprint density at radius 2 is 1.97 bits per heavy atom. The number of rotatable bonds is 10. The lowest BCUT2D eigenvalue weighted by Gasteiger charge is -2.22. The van der Waals surface area contributed by atoms with Crippen LogP contribution in [-0.2, 0) is 28.0 Å². The van der Waals surface area contributed by atoms with Crippen molar-refractivity contribution in [2.45, 2.75) is 27.1 Å². The minimum atomic E-state index is -3.72. The number of aromatic nitrogens is 1. The molecule has 0 saturated carbocycles. The normalized spacial score (nSPS) is 11.3. The van der Waals surface area contributed by atoms with Crippen LogP contribution in [0.1, 0.15) is 36.2 Å². The molecule has 7 nitrogen and oxygen atoms in total. The fourth-order valence-corrected chi connectivity index (χ4v) is 3.64. The van der Waals surface area contributed by atoms with E-state index in [0.29, 0.717) is 35.7 Å². The van der Waals surface area contributed by atoms with Gasteiger partial charge in [-0.15, -0.1) is 6.42 Å². The minimum Gasteiger partial charge on any atom is -0.357 e. The number of alkyl halides is 1. The van der Waals surface area contributed by atoms with Crippen LogP contribution in [0.5, 0.6) is 0 Å². The van der Waals surface area contributed by atoms with Crippen LogP contribution in [0, 0.1) is 18.2 Å². The molecule has 0 unspecified atom stereocenters. The van der Waals surface area contributed by atoms with E-state index in [-0.39, 0.29) is 17.8 Å². The molecule has 33 heavy (non-hydrogen) atoms. The molecule has 1 aromatic heterocycles. The zero-order valence-electron chi connectivity index (χ0n) is 18.7. The van der Waals surface area contributed by atoms with Gasteiger partial charge >= 0.3 is 0 Å². The van der Waals surface area contributed by atoms with E-state index < -0.39 is 28.4 Å². The van der Waals surface area contributed by atoms with Crippen molar-refractivity contribution in [2.24, 2.45) is 0 Å². The van der Waals surface area contributed by atoms with Crippen molar-refractivity contribution in [2.75, 3.05) is 29.0 Å². The van der Waals surface area contributed by atoms with Gasteiger partial charge in [-0.25, -0.2) is 22.2 Å². The van der Waals surface area contributed by atoms with Gasteiger partial charge in [0.05, 0.1) is 23.2 Å². The van der Waals surface area contributed by atoms with E-state index in [1.165, 1.54) is 12.1 Å². The van der Waals surface area contributed by atoms with Gasteiger partial charge in [0.25, 0.3) is 0 Å². The highest BCUT2D eigenvalue weighted by molar-refractivity contribution is 7.92. The lowest BCUT2D eigenvalue weighted by molar-refractivity contribution is -0.116. The van der Waals surface area contributed by atoms with Crippen LogP contribution < -0.4 is 14.9 Å². The molecule has 2 aromatic rings. The number of pyridine rings is 1. The summed E-state index contributed by atoms with van der Waals surface area (Å²) in [6.07, 6.45) is 9.14. The Kier molecular flexibility index (Phi) is 8.94. The number of amides is 1. The van der Waals surface area contributed by atoms with Crippen LogP contribution in [0.2, 0.25) is 0 Å². The second-order valence-electron chi connectivity index (χ2n) is 7.09. The van der Waals surface area contributed by atoms with Gasteiger partial charge in [0.15, 0.2) is 0 Å². The lowest BCUT2D eigenvalue weighted by atomic mass is 10.1. The summed E-state index contributed by atoms with van der Waals surface area (Å²) in [7, 11) is -3.72.